The maximum Gasteiger partial charge on any atom is 0.440 e. The van der Waals surface area contributed by atoms with Gasteiger partial charge in [0.25, 0.3) is 0 Å². The molecule has 2 aromatic rings. The lowest BCUT2D eigenvalue weighted by atomic mass is 10.1. The first-order chi connectivity index (χ1) is 12.0. The third-order valence-corrected chi connectivity index (χ3v) is 4.24. The first kappa shape index (κ1) is 19.1. The highest BCUT2D eigenvalue weighted by molar-refractivity contribution is 9.10. The van der Waals surface area contributed by atoms with Crippen molar-refractivity contribution in [1.82, 2.24) is 5.48 Å². The first-order valence-electron chi connectivity index (χ1n) is 7.22. The predicted molar refractivity (Wildman–Crippen MR) is 98.8 cm³/mol. The molecule has 0 saturated carbocycles. The molecule has 0 atom stereocenters. The van der Waals surface area contributed by atoms with E-state index in [-0.39, 0.29) is 5.75 Å². The van der Waals surface area contributed by atoms with E-state index in [4.69, 9.17) is 21.3 Å². The van der Waals surface area contributed by atoms with Crippen LogP contribution in [0.4, 0.5) is 4.79 Å². The van der Waals surface area contributed by atoms with Crippen molar-refractivity contribution in [3.05, 3.63) is 63.1 Å². The van der Waals surface area contributed by atoms with Crippen LogP contribution in [0.2, 0.25) is 5.02 Å². The summed E-state index contributed by atoms with van der Waals surface area (Å²) in [5.41, 5.74) is 4.46. The van der Waals surface area contributed by atoms with Crippen LogP contribution < -0.4 is 10.3 Å². The van der Waals surface area contributed by atoms with Crippen LogP contribution >= 0.6 is 27.5 Å². The van der Waals surface area contributed by atoms with E-state index in [1.54, 1.807) is 25.1 Å². The SMILES string of the molecule is COC(=O)NOc1cc(C(C)=NOCc2ccccc2Br)ccc1Cl. The van der Waals surface area contributed by atoms with Gasteiger partial charge in [-0.2, -0.15) is 5.48 Å². The molecule has 0 heterocycles. The number of rotatable bonds is 6. The minimum absolute atomic E-state index is 0.268. The highest BCUT2D eigenvalue weighted by Gasteiger charge is 2.08. The Morgan fingerprint density at radius 3 is 2.76 bits per heavy atom. The smallest absolute Gasteiger partial charge is 0.440 e. The molecule has 1 amide bonds. The van der Waals surface area contributed by atoms with Gasteiger partial charge in [-0.25, -0.2) is 4.79 Å². The highest BCUT2D eigenvalue weighted by Crippen LogP contribution is 2.25. The number of halogens is 2. The molecule has 0 saturated heterocycles. The highest BCUT2D eigenvalue weighted by atomic mass is 79.9. The topological polar surface area (TPSA) is 69.2 Å². The Kier molecular flexibility index (Phi) is 7.09. The van der Waals surface area contributed by atoms with E-state index in [1.165, 1.54) is 7.11 Å². The second-order valence-electron chi connectivity index (χ2n) is 4.88. The minimum atomic E-state index is -0.733. The molecule has 0 fully saturated rings. The Bertz CT molecular complexity index is 783. The summed E-state index contributed by atoms with van der Waals surface area (Å²) in [5.74, 6) is 0.268. The van der Waals surface area contributed by atoms with E-state index in [0.29, 0.717) is 17.3 Å². The van der Waals surface area contributed by atoms with Gasteiger partial charge in [-0.15, -0.1) is 0 Å². The lowest BCUT2D eigenvalue weighted by Gasteiger charge is -2.09. The van der Waals surface area contributed by atoms with Crippen molar-refractivity contribution in [3.8, 4) is 5.75 Å². The molecular weight excluding hydrogens is 412 g/mol. The van der Waals surface area contributed by atoms with Gasteiger partial charge in [-0.3, -0.25) is 0 Å². The van der Waals surface area contributed by atoms with Crippen LogP contribution in [0.15, 0.2) is 52.1 Å². The van der Waals surface area contributed by atoms with Crippen LogP contribution in [-0.4, -0.2) is 18.9 Å². The molecule has 25 heavy (non-hydrogen) atoms. The molecule has 8 heteroatoms. The number of benzene rings is 2. The van der Waals surface area contributed by atoms with E-state index in [9.17, 15) is 4.79 Å². The zero-order chi connectivity index (χ0) is 18.2. The summed E-state index contributed by atoms with van der Waals surface area (Å²) in [6.07, 6.45) is -0.733. The summed E-state index contributed by atoms with van der Waals surface area (Å²) in [6, 6.07) is 12.8. The van der Waals surface area contributed by atoms with E-state index >= 15 is 0 Å². The molecule has 0 aliphatic carbocycles. The summed E-state index contributed by atoms with van der Waals surface area (Å²) >= 11 is 9.49. The van der Waals surface area contributed by atoms with Crippen molar-refractivity contribution in [1.29, 1.82) is 0 Å². The summed E-state index contributed by atoms with van der Waals surface area (Å²) in [5, 5.41) is 4.43. The number of methoxy groups -OCH3 is 1. The number of nitrogens with one attached hydrogen (secondary N) is 1. The maximum atomic E-state index is 11.1. The van der Waals surface area contributed by atoms with Crippen molar-refractivity contribution in [3.63, 3.8) is 0 Å². The molecule has 6 nitrogen and oxygen atoms in total. The zero-order valence-corrected chi connectivity index (χ0v) is 15.9. The summed E-state index contributed by atoms with van der Waals surface area (Å²) in [7, 11) is 1.23. The van der Waals surface area contributed by atoms with Crippen molar-refractivity contribution in [2.24, 2.45) is 5.16 Å². The van der Waals surface area contributed by atoms with Crippen LogP contribution in [0.5, 0.6) is 5.75 Å². The summed E-state index contributed by atoms with van der Waals surface area (Å²) in [6.45, 7) is 2.13. The molecule has 0 aliphatic heterocycles. The lowest BCUT2D eigenvalue weighted by molar-refractivity contribution is 0.118. The Balaban J connectivity index is 2.04. The number of hydrogen-bond donors (Lipinski definition) is 1. The number of hydroxylamine groups is 1. The number of nitrogens with zero attached hydrogens (tertiary/aromatic N) is 1. The van der Waals surface area contributed by atoms with Crippen LogP contribution in [0, 0.1) is 0 Å². The monoisotopic (exact) mass is 426 g/mol. The Hall–Kier alpha value is -2.25. The lowest BCUT2D eigenvalue weighted by Crippen LogP contribution is -2.26. The second kappa shape index (κ2) is 9.29. The second-order valence-corrected chi connectivity index (χ2v) is 6.14. The van der Waals surface area contributed by atoms with E-state index < -0.39 is 6.09 Å². The molecular formula is C17H16BrClN2O4. The average molecular weight is 428 g/mol. The fraction of sp³-hybridized carbons (Fsp3) is 0.176. The van der Waals surface area contributed by atoms with Crippen LogP contribution in [0.1, 0.15) is 18.1 Å². The van der Waals surface area contributed by atoms with Gasteiger partial charge in [-0.1, -0.05) is 57.0 Å². The van der Waals surface area contributed by atoms with Crippen LogP contribution in [-0.2, 0) is 16.2 Å². The van der Waals surface area contributed by atoms with Gasteiger partial charge in [0, 0.05) is 15.6 Å². The fourth-order valence-electron chi connectivity index (χ4n) is 1.81. The van der Waals surface area contributed by atoms with E-state index in [2.05, 4.69) is 31.3 Å². The quantitative estimate of drug-likeness (QED) is 0.536. The molecule has 0 aliphatic rings. The molecule has 0 unspecified atom stereocenters. The van der Waals surface area contributed by atoms with Crippen molar-refractivity contribution < 1.29 is 19.2 Å². The molecule has 0 radical (unpaired) electrons. The molecule has 132 valence electrons. The standard InChI is InChI=1S/C17H16BrClN2O4/c1-11(20-24-10-13-5-3-4-6-14(13)18)12-7-8-15(19)16(9-12)25-21-17(22)23-2/h3-9H,10H2,1-2H3,(H,21,22). The Labute approximate surface area is 158 Å². The van der Waals surface area contributed by atoms with Crippen molar-refractivity contribution in [2.75, 3.05) is 7.11 Å². The van der Waals surface area contributed by atoms with Gasteiger partial charge in [0.2, 0.25) is 0 Å². The number of carbonyl (C=O) groups excluding carboxylic acids is 1. The van der Waals surface area contributed by atoms with Gasteiger partial charge in [0.1, 0.15) is 6.61 Å². The molecule has 0 spiro atoms. The van der Waals surface area contributed by atoms with Crippen LogP contribution in [0.25, 0.3) is 0 Å². The molecule has 1 N–H and O–H groups in total. The largest absolute Gasteiger partial charge is 0.451 e. The Morgan fingerprint density at radius 2 is 2.04 bits per heavy atom. The molecule has 0 aromatic heterocycles. The van der Waals surface area contributed by atoms with Gasteiger partial charge in [-0.05, 0) is 25.1 Å². The van der Waals surface area contributed by atoms with Crippen molar-refractivity contribution >= 4 is 39.3 Å². The summed E-state index contributed by atoms with van der Waals surface area (Å²) in [4.78, 5) is 21.6. The van der Waals surface area contributed by atoms with Crippen LogP contribution in [0.3, 0.4) is 0 Å². The maximum absolute atomic E-state index is 11.1. The Morgan fingerprint density at radius 1 is 1.28 bits per heavy atom. The van der Waals surface area contributed by atoms with Gasteiger partial charge in [0.05, 0.1) is 17.8 Å². The third-order valence-electron chi connectivity index (χ3n) is 3.16. The average Bonchev–Trinajstić information content (AvgIpc) is 2.62. The number of amides is 1. The number of carbonyl (C=O) groups is 1. The predicted octanol–water partition coefficient (Wildman–Crippen LogP) is 4.69. The minimum Gasteiger partial charge on any atom is -0.451 e. The van der Waals surface area contributed by atoms with E-state index in [1.807, 2.05) is 24.3 Å². The summed E-state index contributed by atoms with van der Waals surface area (Å²) < 4.78 is 5.39. The zero-order valence-electron chi connectivity index (χ0n) is 13.6. The van der Waals surface area contributed by atoms with E-state index in [0.717, 1.165) is 15.6 Å². The normalized spacial score (nSPS) is 11.0. The molecule has 0 bridgehead atoms. The van der Waals surface area contributed by atoms with Gasteiger partial charge in [0.15, 0.2) is 5.75 Å². The number of oxime groups is 1. The molecule has 2 aromatic carbocycles. The van der Waals surface area contributed by atoms with Gasteiger partial charge < -0.3 is 14.4 Å². The number of ether oxygens (including phenoxy) is 1. The fourth-order valence-corrected chi connectivity index (χ4v) is 2.37. The van der Waals surface area contributed by atoms with Gasteiger partial charge >= 0.3 is 6.09 Å². The first-order valence-corrected chi connectivity index (χ1v) is 8.39. The van der Waals surface area contributed by atoms with Crippen molar-refractivity contribution in [2.45, 2.75) is 13.5 Å². The number of hydrogen-bond acceptors (Lipinski definition) is 5. The third kappa shape index (κ3) is 5.65. The molecule has 2 rings (SSSR count).